The number of nitro benzene ring substituents is 1. The van der Waals surface area contributed by atoms with E-state index in [1.165, 1.54) is 76.2 Å². The number of fused-ring (bicyclic) bond motifs is 1. The maximum atomic E-state index is 13.9. The lowest BCUT2D eigenvalue weighted by Crippen LogP contribution is -2.51. The number of aromatic nitrogens is 1. The quantitative estimate of drug-likeness (QED) is 0.0564. The summed E-state index contributed by atoms with van der Waals surface area (Å²) in [6.45, 7) is 9.26. The van der Waals surface area contributed by atoms with Crippen molar-refractivity contribution < 1.29 is 59.0 Å². The first-order chi connectivity index (χ1) is 27.5. The minimum absolute atomic E-state index is 0.0664. The number of nitro groups is 1. The molecule has 0 bridgehead atoms. The number of hydrogen-bond donors (Lipinski definition) is 3. The van der Waals surface area contributed by atoms with Crippen molar-refractivity contribution in [2.75, 3.05) is 0 Å². The van der Waals surface area contributed by atoms with Crippen LogP contribution in [0.5, 0.6) is 0 Å². The van der Waals surface area contributed by atoms with Crippen LogP contribution in [0.3, 0.4) is 0 Å². The molecule has 0 spiro atoms. The number of hydrogen-bond acceptors (Lipinski definition) is 4. The maximum Gasteiger partial charge on any atom is 0.418 e. The highest BCUT2D eigenvalue weighted by Crippen LogP contribution is 2.45. The second kappa shape index (κ2) is 17.3. The number of rotatable bonds is 10. The zero-order chi connectivity index (χ0) is 45.2. The summed E-state index contributed by atoms with van der Waals surface area (Å²) in [6.07, 6.45) is -13.4. The van der Waals surface area contributed by atoms with E-state index >= 15 is 0 Å². The molecule has 4 aromatic carbocycles. The van der Waals surface area contributed by atoms with Gasteiger partial charge in [-0.15, -0.1) is 0 Å². The van der Waals surface area contributed by atoms with Crippen LogP contribution in [0.1, 0.15) is 80.5 Å². The molecule has 1 heterocycles. The van der Waals surface area contributed by atoms with Crippen LogP contribution in [0.25, 0.3) is 10.9 Å². The number of aromatic amines is 1. The zero-order valence-electron chi connectivity index (χ0n) is 33.3. The van der Waals surface area contributed by atoms with Gasteiger partial charge in [0.1, 0.15) is 23.0 Å². The standard InChI is InChI=1S/C22H20F5NO3.C22H22F5NO/c1-14-9-10-16(23)12-17(14)20(2,3)13-21(29,22(25,26)27)11-5-7-15-6-4-8-18(24)19(15)28(30)31;1-13-7-8-15(23)10-17(13)20(2,3)12-21(29,22(25,26)27)11-16-9-14-5-4-6-18(24)19(14)28-16/h4,6,8-10,12,29H,11,13H2,1-3H3;4-10,28-29H,11-12H2,1-3H3. The smallest absolute Gasteiger partial charge is 0.380 e. The van der Waals surface area contributed by atoms with Crippen molar-refractivity contribution in [3.63, 3.8) is 0 Å². The fraction of sp³-hybridized carbons (Fsp3) is 0.364. The Labute approximate surface area is 339 Å². The van der Waals surface area contributed by atoms with Crippen LogP contribution in [-0.4, -0.2) is 43.7 Å². The summed E-state index contributed by atoms with van der Waals surface area (Å²) in [6, 6.07) is 16.4. The average molecular weight is 853 g/mol. The van der Waals surface area contributed by atoms with Gasteiger partial charge in [-0.3, -0.25) is 10.1 Å². The molecule has 0 saturated carbocycles. The number of nitrogens with one attached hydrogen (secondary N) is 1. The molecule has 0 amide bonds. The summed E-state index contributed by atoms with van der Waals surface area (Å²) in [5.41, 5.74) is -8.18. The molecule has 0 fully saturated rings. The molecule has 0 aliphatic heterocycles. The minimum atomic E-state index is -5.09. The van der Waals surface area contributed by atoms with E-state index in [0.717, 1.165) is 24.3 Å². The van der Waals surface area contributed by atoms with Crippen molar-refractivity contribution in [1.29, 1.82) is 0 Å². The number of nitrogens with zero attached hydrogens (tertiary/aromatic N) is 1. The third-order valence-electron chi connectivity index (χ3n) is 10.3. The summed E-state index contributed by atoms with van der Waals surface area (Å²) < 4.78 is 138. The summed E-state index contributed by atoms with van der Waals surface area (Å²) in [7, 11) is 0. The van der Waals surface area contributed by atoms with Crippen LogP contribution >= 0.6 is 0 Å². The van der Waals surface area contributed by atoms with Crippen LogP contribution in [0, 0.1) is 59.1 Å². The number of para-hydroxylation sites is 2. The molecule has 0 aliphatic carbocycles. The maximum absolute atomic E-state index is 13.9. The van der Waals surface area contributed by atoms with Crippen LogP contribution in [-0.2, 0) is 17.3 Å². The minimum Gasteiger partial charge on any atom is -0.380 e. The van der Waals surface area contributed by atoms with Gasteiger partial charge in [-0.25, -0.2) is 13.2 Å². The predicted molar refractivity (Wildman–Crippen MR) is 206 cm³/mol. The van der Waals surface area contributed by atoms with Gasteiger partial charge in [0.15, 0.2) is 11.2 Å². The first-order valence-corrected chi connectivity index (χ1v) is 18.3. The molecular formula is C44H42F10N2O4. The molecule has 2 atom stereocenters. The van der Waals surface area contributed by atoms with Gasteiger partial charge in [0.25, 0.3) is 0 Å². The average Bonchev–Trinajstić information content (AvgIpc) is 3.52. The van der Waals surface area contributed by atoms with E-state index in [-0.39, 0.29) is 11.2 Å². The van der Waals surface area contributed by atoms with Crippen molar-refractivity contribution in [3.8, 4) is 11.8 Å². The van der Waals surface area contributed by atoms with Crippen molar-refractivity contribution in [3.05, 3.63) is 146 Å². The van der Waals surface area contributed by atoms with Gasteiger partial charge in [-0.2, -0.15) is 30.7 Å². The lowest BCUT2D eigenvalue weighted by Gasteiger charge is -2.38. The van der Waals surface area contributed by atoms with Crippen LogP contribution in [0.4, 0.5) is 49.6 Å². The van der Waals surface area contributed by atoms with Crippen molar-refractivity contribution in [2.24, 2.45) is 0 Å². The number of aryl methyl sites for hydroxylation is 2. The van der Waals surface area contributed by atoms with E-state index in [1.54, 1.807) is 19.9 Å². The van der Waals surface area contributed by atoms with Gasteiger partial charge < -0.3 is 15.2 Å². The van der Waals surface area contributed by atoms with Crippen molar-refractivity contribution in [2.45, 2.75) is 102 Å². The monoisotopic (exact) mass is 852 g/mol. The Morgan fingerprint density at radius 1 is 0.683 bits per heavy atom. The van der Waals surface area contributed by atoms with Crippen molar-refractivity contribution in [1.82, 2.24) is 4.98 Å². The highest BCUT2D eigenvalue weighted by molar-refractivity contribution is 5.80. The Hall–Kier alpha value is -5.40. The van der Waals surface area contributed by atoms with Gasteiger partial charge in [-0.1, -0.05) is 69.9 Å². The molecule has 2 unspecified atom stereocenters. The van der Waals surface area contributed by atoms with E-state index in [4.69, 9.17) is 0 Å². The van der Waals surface area contributed by atoms with E-state index in [1.807, 2.05) is 0 Å². The number of halogens is 10. The normalized spacial score (nSPS) is 14.4. The van der Waals surface area contributed by atoms with E-state index in [9.17, 15) is 64.2 Å². The molecule has 60 heavy (non-hydrogen) atoms. The second-order valence-electron chi connectivity index (χ2n) is 16.1. The van der Waals surface area contributed by atoms with E-state index in [0.29, 0.717) is 27.6 Å². The van der Waals surface area contributed by atoms with Gasteiger partial charge in [0, 0.05) is 23.9 Å². The zero-order valence-corrected chi connectivity index (χ0v) is 33.3. The molecule has 16 heteroatoms. The third-order valence-corrected chi connectivity index (χ3v) is 10.3. The summed E-state index contributed by atoms with van der Waals surface area (Å²) in [5.74, 6) is 1.33. The first-order valence-electron chi connectivity index (χ1n) is 18.3. The Bertz CT molecular complexity index is 2430. The molecule has 1 aromatic heterocycles. The predicted octanol–water partition coefficient (Wildman–Crippen LogP) is 11.5. The lowest BCUT2D eigenvalue weighted by molar-refractivity contribution is -0.387. The SMILES string of the molecule is Cc1ccc(F)cc1C(C)(C)CC(O)(CC#Cc1cccc(F)c1[N+](=O)[O-])C(F)(F)F.Cc1ccc(F)cc1C(C)(C)CC(O)(Cc1cc2cccc(F)c2[nH]1)C(F)(F)F. The number of alkyl halides is 6. The van der Waals surface area contributed by atoms with Crippen LogP contribution in [0.15, 0.2) is 78.9 Å². The molecule has 0 saturated heterocycles. The number of aliphatic hydroxyl groups is 2. The molecule has 5 rings (SSSR count). The van der Waals surface area contributed by atoms with E-state index < -0.39 is 99.5 Å². The summed E-state index contributed by atoms with van der Waals surface area (Å²) in [4.78, 5) is 12.6. The molecular weight excluding hydrogens is 810 g/mol. The van der Waals surface area contributed by atoms with Gasteiger partial charge >= 0.3 is 18.0 Å². The number of benzene rings is 4. The third kappa shape index (κ3) is 10.7. The summed E-state index contributed by atoms with van der Waals surface area (Å²) >= 11 is 0. The second-order valence-corrected chi connectivity index (χ2v) is 16.1. The van der Waals surface area contributed by atoms with Gasteiger partial charge in [0.05, 0.1) is 10.4 Å². The fourth-order valence-electron chi connectivity index (χ4n) is 7.50. The van der Waals surface area contributed by atoms with Gasteiger partial charge in [0.2, 0.25) is 5.82 Å². The highest BCUT2D eigenvalue weighted by Gasteiger charge is 2.57. The Morgan fingerprint density at radius 3 is 1.65 bits per heavy atom. The van der Waals surface area contributed by atoms with Gasteiger partial charge in [-0.05, 0) is 108 Å². The van der Waals surface area contributed by atoms with E-state index in [2.05, 4.69) is 16.8 Å². The summed E-state index contributed by atoms with van der Waals surface area (Å²) in [5, 5.41) is 32.6. The van der Waals surface area contributed by atoms with Crippen LogP contribution < -0.4 is 0 Å². The largest absolute Gasteiger partial charge is 0.418 e. The topological polar surface area (TPSA) is 99.4 Å². The lowest BCUT2D eigenvalue weighted by atomic mass is 9.72. The molecule has 5 aromatic rings. The van der Waals surface area contributed by atoms with Crippen LogP contribution in [0.2, 0.25) is 0 Å². The Morgan fingerprint density at radius 2 is 1.17 bits per heavy atom. The molecule has 3 N–H and O–H groups in total. The molecule has 0 radical (unpaired) electrons. The first kappa shape index (κ1) is 47.3. The Balaban J connectivity index is 0.000000265. The molecule has 322 valence electrons. The number of H-pyrrole nitrogens is 1. The fourth-order valence-corrected chi connectivity index (χ4v) is 7.50. The highest BCUT2D eigenvalue weighted by atomic mass is 19.4. The molecule has 0 aliphatic rings. The molecule has 6 nitrogen and oxygen atoms in total. The Kier molecular flexibility index (Phi) is 13.6. The van der Waals surface area contributed by atoms with Crippen molar-refractivity contribution >= 4 is 16.6 Å².